The fourth-order valence-corrected chi connectivity index (χ4v) is 3.24. The Labute approximate surface area is 139 Å². The van der Waals surface area contributed by atoms with E-state index >= 15 is 0 Å². The molecule has 0 bridgehead atoms. The average molecular weight is 338 g/mol. The number of halogens is 1. The van der Waals surface area contributed by atoms with E-state index in [-0.39, 0.29) is 10.6 Å². The number of hydrogen-bond donors (Lipinski definition) is 1. The molecular formula is C15H20ClN5O2. The van der Waals surface area contributed by atoms with Gasteiger partial charge in [0.25, 0.3) is 0 Å². The van der Waals surface area contributed by atoms with Crippen LogP contribution in [0.15, 0.2) is 6.20 Å². The quantitative estimate of drug-likeness (QED) is 0.907. The fraction of sp³-hybridized carbons (Fsp3) is 0.533. The monoisotopic (exact) mass is 337 g/mol. The van der Waals surface area contributed by atoms with Crippen molar-refractivity contribution in [2.45, 2.75) is 13.5 Å². The van der Waals surface area contributed by atoms with Gasteiger partial charge in [-0.05, 0) is 14.0 Å². The minimum Gasteiger partial charge on any atom is -0.478 e. The van der Waals surface area contributed by atoms with Crippen LogP contribution in [0.2, 0.25) is 5.02 Å². The van der Waals surface area contributed by atoms with Crippen molar-refractivity contribution in [2.24, 2.45) is 0 Å². The summed E-state index contributed by atoms with van der Waals surface area (Å²) < 4.78 is 1.82. The zero-order valence-corrected chi connectivity index (χ0v) is 14.0. The van der Waals surface area contributed by atoms with Crippen LogP contribution in [-0.4, -0.2) is 75.4 Å². The molecule has 0 aromatic carbocycles. The number of nitrogens with zero attached hydrogens (tertiary/aromatic N) is 5. The van der Waals surface area contributed by atoms with E-state index in [1.807, 2.05) is 11.6 Å². The molecule has 1 fully saturated rings. The Bertz CT molecular complexity index is 737. The number of pyridine rings is 1. The number of aryl methyl sites for hydroxylation is 1. The van der Waals surface area contributed by atoms with Crippen LogP contribution in [0.25, 0.3) is 11.0 Å². The summed E-state index contributed by atoms with van der Waals surface area (Å²) in [4.78, 5) is 20.2. The predicted molar refractivity (Wildman–Crippen MR) is 88.2 cm³/mol. The molecule has 0 spiro atoms. The lowest BCUT2D eigenvalue weighted by Crippen LogP contribution is -2.45. The van der Waals surface area contributed by atoms with Gasteiger partial charge in [-0.1, -0.05) is 11.6 Å². The van der Waals surface area contributed by atoms with Gasteiger partial charge in [0.15, 0.2) is 5.65 Å². The maximum absolute atomic E-state index is 11.2. The second-order valence-corrected chi connectivity index (χ2v) is 6.32. The van der Waals surface area contributed by atoms with Crippen LogP contribution in [-0.2, 0) is 6.54 Å². The Morgan fingerprint density at radius 1 is 1.30 bits per heavy atom. The smallest absolute Gasteiger partial charge is 0.338 e. The summed E-state index contributed by atoms with van der Waals surface area (Å²) in [7, 11) is 2.13. The van der Waals surface area contributed by atoms with E-state index in [2.05, 4.69) is 26.9 Å². The number of hydrogen-bond acceptors (Lipinski definition) is 5. The molecule has 23 heavy (non-hydrogen) atoms. The Kier molecular flexibility index (Phi) is 4.52. The molecule has 1 aliphatic heterocycles. The van der Waals surface area contributed by atoms with Crippen LogP contribution in [0, 0.1) is 6.92 Å². The lowest BCUT2D eigenvalue weighted by atomic mass is 10.2. The van der Waals surface area contributed by atoms with Gasteiger partial charge in [0.2, 0.25) is 0 Å². The minimum atomic E-state index is -1.08. The molecule has 3 heterocycles. The van der Waals surface area contributed by atoms with Crippen LogP contribution < -0.4 is 0 Å². The molecule has 2 aromatic heterocycles. The summed E-state index contributed by atoms with van der Waals surface area (Å²) in [5, 5.41) is 14.5. The van der Waals surface area contributed by atoms with Crippen LogP contribution in [0.4, 0.5) is 0 Å². The summed E-state index contributed by atoms with van der Waals surface area (Å²) in [5.41, 5.74) is 1.37. The zero-order valence-electron chi connectivity index (χ0n) is 13.3. The number of carboxylic acid groups (broad SMARTS) is 1. The Balaban J connectivity index is 1.82. The fourth-order valence-electron chi connectivity index (χ4n) is 2.89. The van der Waals surface area contributed by atoms with Crippen LogP contribution >= 0.6 is 11.6 Å². The van der Waals surface area contributed by atoms with Crippen LogP contribution in [0.1, 0.15) is 16.1 Å². The Morgan fingerprint density at radius 3 is 2.65 bits per heavy atom. The first-order valence-electron chi connectivity index (χ1n) is 7.63. The van der Waals surface area contributed by atoms with Gasteiger partial charge in [0.05, 0.1) is 28.2 Å². The number of likely N-dealkylation sites (N-methyl/N-ethyl adjacent to an activating group) is 1. The maximum Gasteiger partial charge on any atom is 0.338 e. The molecular weight excluding hydrogens is 318 g/mol. The lowest BCUT2D eigenvalue weighted by molar-refractivity contribution is 0.0697. The second kappa shape index (κ2) is 6.43. The topological polar surface area (TPSA) is 74.5 Å². The first-order chi connectivity index (χ1) is 11.0. The predicted octanol–water partition coefficient (Wildman–Crippen LogP) is 1.34. The van der Waals surface area contributed by atoms with Gasteiger partial charge < -0.3 is 10.0 Å². The van der Waals surface area contributed by atoms with Crippen molar-refractivity contribution >= 4 is 28.6 Å². The zero-order chi connectivity index (χ0) is 16.6. The summed E-state index contributed by atoms with van der Waals surface area (Å²) >= 11 is 6.23. The van der Waals surface area contributed by atoms with E-state index in [0.717, 1.165) is 32.7 Å². The highest BCUT2D eigenvalue weighted by Crippen LogP contribution is 2.28. The van der Waals surface area contributed by atoms with Crippen molar-refractivity contribution in [1.29, 1.82) is 0 Å². The van der Waals surface area contributed by atoms with Crippen molar-refractivity contribution in [3.05, 3.63) is 22.5 Å². The van der Waals surface area contributed by atoms with Crippen molar-refractivity contribution < 1.29 is 9.90 Å². The molecule has 0 amide bonds. The first-order valence-corrected chi connectivity index (χ1v) is 8.01. The molecule has 3 rings (SSSR count). The highest BCUT2D eigenvalue weighted by molar-refractivity contribution is 6.38. The number of piperazine rings is 1. The van der Waals surface area contributed by atoms with Gasteiger partial charge >= 0.3 is 5.97 Å². The highest BCUT2D eigenvalue weighted by atomic mass is 35.5. The average Bonchev–Trinajstić information content (AvgIpc) is 2.84. The molecule has 1 saturated heterocycles. The lowest BCUT2D eigenvalue weighted by Gasteiger charge is -2.32. The van der Waals surface area contributed by atoms with Gasteiger partial charge in [-0.25, -0.2) is 14.5 Å². The van der Waals surface area contributed by atoms with E-state index in [0.29, 0.717) is 23.3 Å². The summed E-state index contributed by atoms with van der Waals surface area (Å²) in [6.07, 6.45) is 1.31. The largest absolute Gasteiger partial charge is 0.478 e. The first kappa shape index (κ1) is 16.2. The molecule has 0 unspecified atom stereocenters. The van der Waals surface area contributed by atoms with Crippen molar-refractivity contribution in [1.82, 2.24) is 24.6 Å². The molecule has 2 aromatic rings. The number of aromatic carboxylic acids is 1. The van der Waals surface area contributed by atoms with E-state index < -0.39 is 5.97 Å². The van der Waals surface area contributed by atoms with Crippen LogP contribution in [0.3, 0.4) is 0 Å². The molecule has 7 nitrogen and oxygen atoms in total. The standard InChI is InChI=1S/C15H20ClN5O2/c1-10-12-13(16)11(15(22)23)9-17-14(12)21(18-10)8-7-20-5-3-19(2)4-6-20/h9H,3-8H2,1-2H3,(H,22,23). The minimum absolute atomic E-state index is 0.0147. The molecule has 0 atom stereocenters. The number of aromatic nitrogens is 3. The molecule has 8 heteroatoms. The second-order valence-electron chi connectivity index (χ2n) is 5.94. The summed E-state index contributed by atoms with van der Waals surface area (Å²) in [6.45, 7) is 7.68. The molecule has 0 aliphatic carbocycles. The summed E-state index contributed by atoms with van der Waals surface area (Å²) in [6, 6.07) is 0. The van der Waals surface area contributed by atoms with Crippen molar-refractivity contribution in [3.8, 4) is 0 Å². The third-order valence-corrected chi connectivity index (χ3v) is 4.72. The molecule has 0 saturated carbocycles. The number of fused-ring (bicyclic) bond motifs is 1. The molecule has 124 valence electrons. The van der Waals surface area contributed by atoms with Gasteiger partial charge in [-0.3, -0.25) is 4.90 Å². The van der Waals surface area contributed by atoms with Crippen molar-refractivity contribution in [2.75, 3.05) is 39.8 Å². The highest BCUT2D eigenvalue weighted by Gasteiger charge is 2.19. The van der Waals surface area contributed by atoms with Gasteiger partial charge in [-0.2, -0.15) is 5.10 Å². The summed E-state index contributed by atoms with van der Waals surface area (Å²) in [5.74, 6) is -1.08. The van der Waals surface area contributed by atoms with E-state index in [1.165, 1.54) is 6.20 Å². The van der Waals surface area contributed by atoms with E-state index in [4.69, 9.17) is 16.7 Å². The Morgan fingerprint density at radius 2 is 2.00 bits per heavy atom. The number of carboxylic acids is 1. The van der Waals surface area contributed by atoms with Gasteiger partial charge in [-0.15, -0.1) is 0 Å². The maximum atomic E-state index is 11.2. The van der Waals surface area contributed by atoms with Gasteiger partial charge in [0.1, 0.15) is 0 Å². The number of carbonyl (C=O) groups is 1. The van der Waals surface area contributed by atoms with E-state index in [9.17, 15) is 4.79 Å². The molecule has 1 aliphatic rings. The molecule has 1 N–H and O–H groups in total. The number of rotatable bonds is 4. The normalized spacial score (nSPS) is 17.0. The van der Waals surface area contributed by atoms with Crippen LogP contribution in [0.5, 0.6) is 0 Å². The van der Waals surface area contributed by atoms with E-state index in [1.54, 1.807) is 0 Å². The third-order valence-electron chi connectivity index (χ3n) is 4.33. The van der Waals surface area contributed by atoms with Gasteiger partial charge in [0, 0.05) is 38.9 Å². The third kappa shape index (κ3) is 3.17. The van der Waals surface area contributed by atoms with Crippen molar-refractivity contribution in [3.63, 3.8) is 0 Å². The SMILES string of the molecule is Cc1nn(CCN2CCN(C)CC2)c2ncc(C(=O)O)c(Cl)c12. The molecule has 0 radical (unpaired) electrons. The Hall–Kier alpha value is -1.70.